The molecule has 0 amide bonds. The topological polar surface area (TPSA) is 38.7 Å². The molecule has 0 aliphatic carbocycles. The summed E-state index contributed by atoms with van der Waals surface area (Å²) in [6.07, 6.45) is 1.37. The lowest BCUT2D eigenvalue weighted by Gasteiger charge is -2.15. The average Bonchev–Trinajstić information content (AvgIpc) is 2.70. The van der Waals surface area contributed by atoms with Crippen LogP contribution in [0.5, 0.6) is 17.2 Å². The molecule has 29 heavy (non-hydrogen) atoms. The second-order valence-corrected chi connectivity index (χ2v) is 8.39. The number of ether oxygens (including phenoxy) is 1. The standard InChI is InChI=1S/C25H29O3P/c1-17(2)23-14-20(10-11-25(23)26)15-24-18(3)12-22(13-19(24)4)27-16-29-28-21-8-6-5-7-9-21/h5-14,17,26,29H,15-16H2,1-4H3. The first kappa shape index (κ1) is 21.2. The summed E-state index contributed by atoms with van der Waals surface area (Å²) in [6, 6.07) is 19.9. The number of hydrogen-bond acceptors (Lipinski definition) is 3. The van der Waals surface area contributed by atoms with Gasteiger partial charge >= 0.3 is 0 Å². The van der Waals surface area contributed by atoms with Gasteiger partial charge in [0.1, 0.15) is 32.4 Å². The van der Waals surface area contributed by atoms with Crippen molar-refractivity contribution in [2.75, 3.05) is 6.35 Å². The zero-order valence-electron chi connectivity index (χ0n) is 17.5. The third-order valence-corrected chi connectivity index (χ3v) is 5.64. The van der Waals surface area contributed by atoms with Crippen LogP contribution in [-0.4, -0.2) is 11.5 Å². The van der Waals surface area contributed by atoms with Gasteiger partial charge in [0.2, 0.25) is 0 Å². The molecule has 0 aromatic heterocycles. The minimum atomic E-state index is 0.253. The van der Waals surface area contributed by atoms with Crippen molar-refractivity contribution in [1.82, 2.24) is 0 Å². The number of rotatable bonds is 8. The van der Waals surface area contributed by atoms with Crippen molar-refractivity contribution in [3.05, 3.63) is 88.5 Å². The lowest BCUT2D eigenvalue weighted by atomic mass is 9.93. The van der Waals surface area contributed by atoms with Gasteiger partial charge in [-0.3, -0.25) is 0 Å². The number of aromatic hydroxyl groups is 1. The predicted molar refractivity (Wildman–Crippen MR) is 122 cm³/mol. The summed E-state index contributed by atoms with van der Waals surface area (Å²) in [5, 5.41) is 10.1. The third kappa shape index (κ3) is 5.74. The van der Waals surface area contributed by atoms with Crippen molar-refractivity contribution < 1.29 is 14.4 Å². The minimum Gasteiger partial charge on any atom is -0.508 e. The van der Waals surface area contributed by atoms with E-state index < -0.39 is 0 Å². The second-order valence-electron chi connectivity index (χ2n) is 7.61. The summed E-state index contributed by atoms with van der Waals surface area (Å²) in [5.74, 6) is 2.42. The number of aryl methyl sites for hydroxylation is 2. The van der Waals surface area contributed by atoms with Crippen LogP contribution >= 0.6 is 8.81 Å². The van der Waals surface area contributed by atoms with Gasteiger partial charge in [-0.05, 0) is 84.3 Å². The van der Waals surface area contributed by atoms with E-state index in [1.165, 1.54) is 22.3 Å². The maximum atomic E-state index is 10.1. The Morgan fingerprint density at radius 1 is 0.897 bits per heavy atom. The minimum absolute atomic E-state index is 0.253. The Morgan fingerprint density at radius 3 is 2.24 bits per heavy atom. The van der Waals surface area contributed by atoms with Gasteiger partial charge < -0.3 is 14.4 Å². The maximum Gasteiger partial charge on any atom is 0.140 e. The molecular weight excluding hydrogens is 379 g/mol. The van der Waals surface area contributed by atoms with E-state index in [1.807, 2.05) is 36.4 Å². The summed E-state index contributed by atoms with van der Waals surface area (Å²) in [4.78, 5) is 0. The Bertz CT molecular complexity index is 929. The van der Waals surface area contributed by atoms with E-state index in [4.69, 9.17) is 9.26 Å². The van der Waals surface area contributed by atoms with Gasteiger partial charge in [0.15, 0.2) is 0 Å². The van der Waals surface area contributed by atoms with E-state index in [0.29, 0.717) is 18.0 Å². The van der Waals surface area contributed by atoms with Gasteiger partial charge in [-0.25, -0.2) is 0 Å². The molecule has 3 rings (SSSR count). The fourth-order valence-corrected chi connectivity index (χ4v) is 4.00. The summed E-state index contributed by atoms with van der Waals surface area (Å²) < 4.78 is 11.6. The molecule has 152 valence electrons. The smallest absolute Gasteiger partial charge is 0.140 e. The first-order chi connectivity index (χ1) is 13.9. The van der Waals surface area contributed by atoms with E-state index >= 15 is 0 Å². The van der Waals surface area contributed by atoms with E-state index in [9.17, 15) is 5.11 Å². The highest BCUT2D eigenvalue weighted by Crippen LogP contribution is 2.30. The van der Waals surface area contributed by atoms with E-state index in [0.717, 1.165) is 23.5 Å². The molecule has 0 aliphatic heterocycles. The van der Waals surface area contributed by atoms with Crippen molar-refractivity contribution in [2.24, 2.45) is 0 Å². The fraction of sp³-hybridized carbons (Fsp3) is 0.280. The van der Waals surface area contributed by atoms with Crippen LogP contribution in [0.4, 0.5) is 0 Å². The number of hydrogen-bond donors (Lipinski definition) is 1. The molecule has 0 heterocycles. The lowest BCUT2D eigenvalue weighted by Crippen LogP contribution is -2.00. The van der Waals surface area contributed by atoms with E-state index in [-0.39, 0.29) is 8.81 Å². The maximum absolute atomic E-state index is 10.1. The first-order valence-electron chi connectivity index (χ1n) is 9.93. The van der Waals surface area contributed by atoms with Crippen LogP contribution in [0.15, 0.2) is 60.7 Å². The van der Waals surface area contributed by atoms with Gasteiger partial charge in [-0.2, -0.15) is 0 Å². The van der Waals surface area contributed by atoms with Gasteiger partial charge in [0.05, 0.1) is 0 Å². The third-order valence-electron chi connectivity index (χ3n) is 5.00. The molecule has 3 nitrogen and oxygen atoms in total. The number of para-hydroxylation sites is 1. The van der Waals surface area contributed by atoms with Crippen LogP contribution < -0.4 is 9.26 Å². The molecule has 3 aromatic rings. The summed E-state index contributed by atoms with van der Waals surface area (Å²) in [6.45, 7) is 8.46. The molecule has 1 unspecified atom stereocenters. The highest BCUT2D eigenvalue weighted by molar-refractivity contribution is 7.32. The Labute approximate surface area is 175 Å². The van der Waals surface area contributed by atoms with Crippen LogP contribution in [0.2, 0.25) is 0 Å². The van der Waals surface area contributed by atoms with Crippen molar-refractivity contribution in [1.29, 1.82) is 0 Å². The zero-order valence-corrected chi connectivity index (χ0v) is 18.5. The Hall–Kier alpha value is -2.51. The molecule has 0 saturated carbocycles. The predicted octanol–water partition coefficient (Wildman–Crippen LogP) is 6.73. The monoisotopic (exact) mass is 408 g/mol. The van der Waals surface area contributed by atoms with Crippen LogP contribution in [-0.2, 0) is 6.42 Å². The van der Waals surface area contributed by atoms with Crippen LogP contribution in [0.3, 0.4) is 0 Å². The summed E-state index contributed by atoms with van der Waals surface area (Å²) in [5.41, 5.74) is 5.94. The van der Waals surface area contributed by atoms with Crippen molar-refractivity contribution in [2.45, 2.75) is 40.0 Å². The van der Waals surface area contributed by atoms with Gasteiger partial charge in [-0.1, -0.05) is 44.2 Å². The number of benzene rings is 3. The SMILES string of the molecule is Cc1cc(OCPOc2ccccc2)cc(C)c1Cc1ccc(O)c(C(C)C)c1. The van der Waals surface area contributed by atoms with Gasteiger partial charge in [0, 0.05) is 0 Å². The fourth-order valence-electron chi connectivity index (χ4n) is 3.41. The Kier molecular flexibility index (Phi) is 7.17. The molecule has 0 fully saturated rings. The second kappa shape index (κ2) is 9.80. The highest BCUT2D eigenvalue weighted by Gasteiger charge is 2.11. The van der Waals surface area contributed by atoms with Gasteiger partial charge in [0.25, 0.3) is 0 Å². The molecule has 0 bridgehead atoms. The van der Waals surface area contributed by atoms with Crippen molar-refractivity contribution >= 4 is 8.81 Å². The van der Waals surface area contributed by atoms with E-state index in [2.05, 4.69) is 45.9 Å². The summed E-state index contributed by atoms with van der Waals surface area (Å²) in [7, 11) is 0.253. The molecule has 1 N–H and O–H groups in total. The molecule has 0 aliphatic rings. The summed E-state index contributed by atoms with van der Waals surface area (Å²) >= 11 is 0. The number of phenols is 1. The highest BCUT2D eigenvalue weighted by atomic mass is 31.1. The average molecular weight is 408 g/mol. The van der Waals surface area contributed by atoms with E-state index in [1.54, 1.807) is 6.07 Å². The zero-order chi connectivity index (χ0) is 20.8. The van der Waals surface area contributed by atoms with Crippen LogP contribution in [0.1, 0.15) is 47.6 Å². The molecule has 3 aromatic carbocycles. The van der Waals surface area contributed by atoms with Crippen molar-refractivity contribution in [3.8, 4) is 17.2 Å². The molecule has 0 saturated heterocycles. The van der Waals surface area contributed by atoms with Crippen LogP contribution in [0, 0.1) is 13.8 Å². The van der Waals surface area contributed by atoms with Crippen LogP contribution in [0.25, 0.3) is 0 Å². The Balaban J connectivity index is 1.64. The largest absolute Gasteiger partial charge is 0.508 e. The first-order valence-corrected chi connectivity index (χ1v) is 11.0. The van der Waals surface area contributed by atoms with Crippen molar-refractivity contribution in [3.63, 3.8) is 0 Å². The normalized spacial score (nSPS) is 11.3. The lowest BCUT2D eigenvalue weighted by molar-refractivity contribution is 0.380. The molecule has 0 radical (unpaired) electrons. The quantitative estimate of drug-likeness (QED) is 0.332. The Morgan fingerprint density at radius 2 is 1.59 bits per heavy atom. The number of phenolic OH excluding ortho intramolecular Hbond substituents is 1. The molecular formula is C25H29O3P. The molecule has 0 spiro atoms. The molecule has 4 heteroatoms. The molecule has 1 atom stereocenters. The van der Waals surface area contributed by atoms with Gasteiger partial charge in [-0.15, -0.1) is 0 Å².